The topological polar surface area (TPSA) is 29.3 Å². The van der Waals surface area contributed by atoms with E-state index in [4.69, 9.17) is 5.73 Å². The molecule has 0 radical (unpaired) electrons. The number of nitrogens with zero attached hydrogens (tertiary/aromatic N) is 1. The van der Waals surface area contributed by atoms with Crippen molar-refractivity contribution in [1.29, 1.82) is 0 Å². The minimum Gasteiger partial charge on any atom is -0.369 e. The van der Waals surface area contributed by atoms with Gasteiger partial charge in [-0.25, -0.2) is 0 Å². The van der Waals surface area contributed by atoms with Gasteiger partial charge in [0.25, 0.3) is 0 Å². The second kappa shape index (κ2) is 4.56. The van der Waals surface area contributed by atoms with E-state index in [1.165, 1.54) is 12.1 Å². The van der Waals surface area contributed by atoms with E-state index in [9.17, 15) is 13.2 Å². The number of para-hydroxylation sites is 1. The molecule has 1 unspecified atom stereocenters. The van der Waals surface area contributed by atoms with Crippen molar-refractivity contribution in [2.45, 2.75) is 25.1 Å². The summed E-state index contributed by atoms with van der Waals surface area (Å²) in [5.74, 6) is 0. The highest BCUT2D eigenvalue weighted by Gasteiger charge is 2.35. The van der Waals surface area contributed by atoms with Gasteiger partial charge in [0.1, 0.15) is 0 Å². The molecule has 0 saturated carbocycles. The Balaban J connectivity index is 2.31. The highest BCUT2D eigenvalue weighted by molar-refractivity contribution is 5.55. The Morgan fingerprint density at radius 2 is 1.94 bits per heavy atom. The van der Waals surface area contributed by atoms with E-state index >= 15 is 0 Å². The Morgan fingerprint density at radius 1 is 1.24 bits per heavy atom. The number of nitrogens with two attached hydrogens (primary N) is 1. The predicted octanol–water partition coefficient (Wildman–Crippen LogP) is 2.63. The van der Waals surface area contributed by atoms with Crippen LogP contribution in [0.15, 0.2) is 24.3 Å². The maximum atomic E-state index is 12.8. The first kappa shape index (κ1) is 12.2. The van der Waals surface area contributed by atoms with Crippen LogP contribution >= 0.6 is 0 Å². The molecule has 0 spiro atoms. The lowest BCUT2D eigenvalue weighted by Crippen LogP contribution is -2.43. The second-order valence-corrected chi connectivity index (χ2v) is 4.36. The zero-order valence-electron chi connectivity index (χ0n) is 9.37. The van der Waals surface area contributed by atoms with Gasteiger partial charge in [0, 0.05) is 24.8 Å². The number of halogens is 3. The van der Waals surface area contributed by atoms with Crippen LogP contribution in [0.2, 0.25) is 0 Å². The van der Waals surface area contributed by atoms with E-state index in [1.807, 2.05) is 0 Å². The second-order valence-electron chi connectivity index (χ2n) is 4.36. The van der Waals surface area contributed by atoms with E-state index in [0.29, 0.717) is 13.1 Å². The average molecular weight is 244 g/mol. The third-order valence-corrected chi connectivity index (χ3v) is 3.01. The SMILES string of the molecule is NC1CCCN(c2ccccc2C(F)(F)F)C1. The molecule has 0 aliphatic carbocycles. The molecule has 0 amide bonds. The summed E-state index contributed by atoms with van der Waals surface area (Å²) in [5.41, 5.74) is 5.47. The summed E-state index contributed by atoms with van der Waals surface area (Å²) in [7, 11) is 0. The van der Waals surface area contributed by atoms with Gasteiger partial charge in [-0.1, -0.05) is 12.1 Å². The molecular formula is C12H15F3N2. The van der Waals surface area contributed by atoms with Crippen molar-refractivity contribution in [1.82, 2.24) is 0 Å². The molecule has 1 fully saturated rings. The quantitative estimate of drug-likeness (QED) is 0.822. The van der Waals surface area contributed by atoms with Crippen LogP contribution in [0.5, 0.6) is 0 Å². The van der Waals surface area contributed by atoms with Crippen molar-refractivity contribution >= 4 is 5.69 Å². The summed E-state index contributed by atoms with van der Waals surface area (Å²) in [4.78, 5) is 1.73. The van der Waals surface area contributed by atoms with E-state index in [-0.39, 0.29) is 11.7 Å². The van der Waals surface area contributed by atoms with Crippen molar-refractivity contribution in [3.05, 3.63) is 29.8 Å². The van der Waals surface area contributed by atoms with Crippen molar-refractivity contribution in [2.24, 2.45) is 5.73 Å². The fraction of sp³-hybridized carbons (Fsp3) is 0.500. The largest absolute Gasteiger partial charge is 0.418 e. The summed E-state index contributed by atoms with van der Waals surface area (Å²) in [5, 5.41) is 0. The Hall–Kier alpha value is -1.23. The summed E-state index contributed by atoms with van der Waals surface area (Å²) in [6.45, 7) is 1.13. The highest BCUT2D eigenvalue weighted by atomic mass is 19.4. The van der Waals surface area contributed by atoms with Crippen molar-refractivity contribution in [3.8, 4) is 0 Å². The zero-order chi connectivity index (χ0) is 12.5. The van der Waals surface area contributed by atoms with Gasteiger partial charge in [0.2, 0.25) is 0 Å². The Bertz CT molecular complexity index is 390. The number of piperidine rings is 1. The maximum Gasteiger partial charge on any atom is 0.418 e. The molecule has 1 atom stereocenters. The summed E-state index contributed by atoms with van der Waals surface area (Å²) in [6.07, 6.45) is -2.59. The van der Waals surface area contributed by atoms with Crippen molar-refractivity contribution < 1.29 is 13.2 Å². The molecule has 2 nitrogen and oxygen atoms in total. The molecule has 0 aromatic heterocycles. The van der Waals surface area contributed by atoms with Crippen LogP contribution in [-0.2, 0) is 6.18 Å². The lowest BCUT2D eigenvalue weighted by Gasteiger charge is -2.34. The van der Waals surface area contributed by atoms with E-state index in [1.54, 1.807) is 11.0 Å². The van der Waals surface area contributed by atoms with E-state index in [2.05, 4.69) is 0 Å². The molecule has 2 rings (SSSR count). The van der Waals surface area contributed by atoms with Gasteiger partial charge in [-0.05, 0) is 25.0 Å². The van der Waals surface area contributed by atoms with E-state index in [0.717, 1.165) is 18.9 Å². The lowest BCUT2D eigenvalue weighted by atomic mass is 10.0. The summed E-state index contributed by atoms with van der Waals surface area (Å²) < 4.78 is 38.5. The lowest BCUT2D eigenvalue weighted by molar-refractivity contribution is -0.137. The van der Waals surface area contributed by atoms with Gasteiger partial charge in [-0.3, -0.25) is 0 Å². The number of hydrogen-bond acceptors (Lipinski definition) is 2. The van der Waals surface area contributed by atoms with Crippen LogP contribution in [0, 0.1) is 0 Å². The van der Waals surface area contributed by atoms with Crippen LogP contribution in [0.1, 0.15) is 18.4 Å². The van der Waals surface area contributed by atoms with Crippen LogP contribution in [-0.4, -0.2) is 19.1 Å². The Labute approximate surface area is 98.2 Å². The van der Waals surface area contributed by atoms with E-state index < -0.39 is 11.7 Å². The first-order valence-corrected chi connectivity index (χ1v) is 5.65. The molecule has 5 heteroatoms. The fourth-order valence-corrected chi connectivity index (χ4v) is 2.22. The third-order valence-electron chi connectivity index (χ3n) is 3.01. The van der Waals surface area contributed by atoms with Gasteiger partial charge in [0.15, 0.2) is 0 Å². The van der Waals surface area contributed by atoms with Gasteiger partial charge in [-0.15, -0.1) is 0 Å². The number of anilines is 1. The first-order valence-electron chi connectivity index (χ1n) is 5.65. The smallest absolute Gasteiger partial charge is 0.369 e. The number of hydrogen-bond donors (Lipinski definition) is 1. The monoisotopic (exact) mass is 244 g/mol. The van der Waals surface area contributed by atoms with Gasteiger partial charge >= 0.3 is 6.18 Å². The standard InChI is InChI=1S/C12H15F3N2/c13-12(14,15)10-5-1-2-6-11(10)17-7-3-4-9(16)8-17/h1-2,5-6,9H,3-4,7-8,16H2. The van der Waals surface area contributed by atoms with Crippen molar-refractivity contribution in [3.63, 3.8) is 0 Å². The molecule has 1 saturated heterocycles. The van der Waals surface area contributed by atoms with Gasteiger partial charge in [0.05, 0.1) is 5.56 Å². The third kappa shape index (κ3) is 2.72. The van der Waals surface area contributed by atoms with Crippen LogP contribution in [0.3, 0.4) is 0 Å². The molecular weight excluding hydrogens is 229 g/mol. The minimum absolute atomic E-state index is 0.0370. The zero-order valence-corrected chi connectivity index (χ0v) is 9.37. The van der Waals surface area contributed by atoms with Crippen LogP contribution in [0.25, 0.3) is 0 Å². The molecule has 17 heavy (non-hydrogen) atoms. The van der Waals surface area contributed by atoms with Crippen LogP contribution in [0.4, 0.5) is 18.9 Å². The van der Waals surface area contributed by atoms with Gasteiger partial charge < -0.3 is 10.6 Å². The van der Waals surface area contributed by atoms with Gasteiger partial charge in [-0.2, -0.15) is 13.2 Å². The molecule has 1 aromatic carbocycles. The predicted molar refractivity (Wildman–Crippen MR) is 60.9 cm³/mol. The molecule has 1 heterocycles. The molecule has 1 aliphatic rings. The van der Waals surface area contributed by atoms with Crippen LogP contribution < -0.4 is 10.6 Å². The minimum atomic E-state index is -4.31. The molecule has 1 aromatic rings. The molecule has 94 valence electrons. The average Bonchev–Trinajstić information content (AvgIpc) is 2.28. The number of rotatable bonds is 1. The Kier molecular flexibility index (Phi) is 3.28. The Morgan fingerprint density at radius 3 is 2.59 bits per heavy atom. The molecule has 1 aliphatic heterocycles. The summed E-state index contributed by atoms with van der Waals surface area (Å²) in [6, 6.07) is 5.64. The normalized spacial score (nSPS) is 21.6. The number of alkyl halides is 3. The number of benzene rings is 1. The fourth-order valence-electron chi connectivity index (χ4n) is 2.22. The van der Waals surface area contributed by atoms with Crippen molar-refractivity contribution in [2.75, 3.05) is 18.0 Å². The maximum absolute atomic E-state index is 12.8. The first-order chi connectivity index (χ1) is 7.98. The molecule has 2 N–H and O–H groups in total. The highest BCUT2D eigenvalue weighted by Crippen LogP contribution is 2.37. The summed E-state index contributed by atoms with van der Waals surface area (Å²) >= 11 is 0. The molecule has 0 bridgehead atoms.